The number of nitrogens with zero attached hydrogens (tertiary/aromatic N) is 1. The third-order valence-corrected chi connectivity index (χ3v) is 3.41. The molecule has 2 aromatic carbocycles. The summed E-state index contributed by atoms with van der Waals surface area (Å²) in [5.74, 6) is -0.0321. The van der Waals surface area contributed by atoms with E-state index in [2.05, 4.69) is 5.32 Å². The van der Waals surface area contributed by atoms with Gasteiger partial charge in [0.1, 0.15) is 6.54 Å². The second-order valence-corrected chi connectivity index (χ2v) is 5.07. The van der Waals surface area contributed by atoms with Gasteiger partial charge in [-0.3, -0.25) is 4.79 Å². The normalized spacial score (nSPS) is 14.0. The first-order valence-corrected chi connectivity index (χ1v) is 6.45. The molecular formula is C15H13ClN2O. The number of benzene rings is 2. The molecule has 0 spiro atoms. The summed E-state index contributed by atoms with van der Waals surface area (Å²) in [6.45, 7) is 2.36. The van der Waals surface area contributed by atoms with E-state index in [1.807, 2.05) is 48.2 Å². The first kappa shape index (κ1) is 12.1. The van der Waals surface area contributed by atoms with Crippen LogP contribution in [0.1, 0.15) is 5.56 Å². The molecule has 2 aromatic rings. The third kappa shape index (κ3) is 2.29. The van der Waals surface area contributed by atoms with Gasteiger partial charge in [0.2, 0.25) is 5.91 Å². The fourth-order valence-corrected chi connectivity index (χ4v) is 2.39. The zero-order valence-corrected chi connectivity index (χ0v) is 11.2. The monoisotopic (exact) mass is 272 g/mol. The third-order valence-electron chi connectivity index (χ3n) is 3.17. The van der Waals surface area contributed by atoms with Crippen LogP contribution in [0, 0.1) is 6.92 Å². The first-order chi connectivity index (χ1) is 9.13. The van der Waals surface area contributed by atoms with Crippen molar-refractivity contribution >= 4 is 34.6 Å². The Kier molecular flexibility index (Phi) is 2.91. The minimum atomic E-state index is -0.0321. The molecule has 0 aromatic heterocycles. The van der Waals surface area contributed by atoms with Gasteiger partial charge in [-0.15, -0.1) is 0 Å². The van der Waals surface area contributed by atoms with Crippen molar-refractivity contribution in [1.82, 2.24) is 0 Å². The van der Waals surface area contributed by atoms with Gasteiger partial charge in [0.05, 0.1) is 11.4 Å². The number of halogens is 1. The van der Waals surface area contributed by atoms with Crippen molar-refractivity contribution in [3.8, 4) is 0 Å². The maximum Gasteiger partial charge on any atom is 0.244 e. The Labute approximate surface area is 116 Å². The number of hydrogen-bond acceptors (Lipinski definition) is 2. The van der Waals surface area contributed by atoms with Crippen LogP contribution in [0.25, 0.3) is 0 Å². The molecule has 0 saturated carbocycles. The van der Waals surface area contributed by atoms with Crippen LogP contribution in [-0.4, -0.2) is 12.5 Å². The highest BCUT2D eigenvalue weighted by Gasteiger charge is 2.23. The highest BCUT2D eigenvalue weighted by molar-refractivity contribution is 6.31. The van der Waals surface area contributed by atoms with Crippen LogP contribution in [0.15, 0.2) is 42.5 Å². The Morgan fingerprint density at radius 3 is 2.63 bits per heavy atom. The van der Waals surface area contributed by atoms with Crippen LogP contribution in [0.5, 0.6) is 0 Å². The fourth-order valence-electron chi connectivity index (χ4n) is 2.22. The van der Waals surface area contributed by atoms with Gasteiger partial charge in [-0.05, 0) is 37.3 Å². The van der Waals surface area contributed by atoms with Crippen molar-refractivity contribution in [2.45, 2.75) is 6.92 Å². The van der Waals surface area contributed by atoms with Crippen molar-refractivity contribution in [2.24, 2.45) is 0 Å². The summed E-state index contributed by atoms with van der Waals surface area (Å²) in [6, 6.07) is 13.7. The number of aryl methyl sites for hydroxylation is 1. The van der Waals surface area contributed by atoms with Crippen LogP contribution in [0.3, 0.4) is 0 Å². The summed E-state index contributed by atoms with van der Waals surface area (Å²) in [7, 11) is 0. The van der Waals surface area contributed by atoms with Crippen molar-refractivity contribution in [3.63, 3.8) is 0 Å². The second kappa shape index (κ2) is 4.59. The average Bonchev–Trinajstić information content (AvgIpc) is 2.38. The van der Waals surface area contributed by atoms with Crippen molar-refractivity contribution in [3.05, 3.63) is 53.1 Å². The Morgan fingerprint density at radius 1 is 1.16 bits per heavy atom. The molecule has 1 amide bonds. The molecule has 1 N–H and O–H groups in total. The molecule has 19 heavy (non-hydrogen) atoms. The van der Waals surface area contributed by atoms with Crippen LogP contribution < -0.4 is 10.2 Å². The summed E-state index contributed by atoms with van der Waals surface area (Å²) in [6.07, 6.45) is 0. The van der Waals surface area contributed by atoms with E-state index in [0.717, 1.165) is 17.1 Å². The number of rotatable bonds is 1. The lowest BCUT2D eigenvalue weighted by Gasteiger charge is -2.31. The Bertz CT molecular complexity index is 637. The lowest BCUT2D eigenvalue weighted by atomic mass is 10.1. The van der Waals surface area contributed by atoms with Crippen LogP contribution in [-0.2, 0) is 4.79 Å². The van der Waals surface area contributed by atoms with Gasteiger partial charge in [-0.25, -0.2) is 0 Å². The molecule has 1 aliphatic heterocycles. The molecule has 3 nitrogen and oxygen atoms in total. The molecule has 96 valence electrons. The lowest BCUT2D eigenvalue weighted by molar-refractivity contribution is -0.115. The number of anilines is 3. The zero-order valence-electron chi connectivity index (χ0n) is 10.5. The summed E-state index contributed by atoms with van der Waals surface area (Å²) in [5.41, 5.74) is 3.92. The quantitative estimate of drug-likeness (QED) is 0.858. The molecule has 1 aliphatic rings. The molecule has 0 radical (unpaired) electrons. The molecule has 0 aliphatic carbocycles. The number of carbonyl (C=O) groups excluding carboxylic acids is 1. The minimum absolute atomic E-state index is 0.0321. The maximum atomic E-state index is 11.8. The molecule has 0 unspecified atom stereocenters. The van der Waals surface area contributed by atoms with Crippen LogP contribution in [0.2, 0.25) is 5.02 Å². The van der Waals surface area contributed by atoms with Crippen molar-refractivity contribution in [1.29, 1.82) is 0 Å². The topological polar surface area (TPSA) is 32.3 Å². The van der Waals surface area contributed by atoms with Crippen LogP contribution in [0.4, 0.5) is 17.1 Å². The number of carbonyl (C=O) groups is 1. The van der Waals surface area contributed by atoms with Gasteiger partial charge in [0, 0.05) is 10.7 Å². The fraction of sp³-hybridized carbons (Fsp3) is 0.133. The molecular weight excluding hydrogens is 260 g/mol. The number of nitrogens with one attached hydrogen (secondary N) is 1. The highest BCUT2D eigenvalue weighted by Crippen LogP contribution is 2.36. The number of amides is 1. The average molecular weight is 273 g/mol. The summed E-state index contributed by atoms with van der Waals surface area (Å²) >= 11 is 5.97. The van der Waals surface area contributed by atoms with Gasteiger partial charge in [-0.1, -0.05) is 29.3 Å². The van der Waals surface area contributed by atoms with E-state index in [0.29, 0.717) is 11.6 Å². The Morgan fingerprint density at radius 2 is 1.89 bits per heavy atom. The minimum Gasteiger partial charge on any atom is -0.330 e. The van der Waals surface area contributed by atoms with Crippen LogP contribution >= 0.6 is 11.6 Å². The van der Waals surface area contributed by atoms with Crippen molar-refractivity contribution < 1.29 is 4.79 Å². The number of hydrogen-bond donors (Lipinski definition) is 1. The SMILES string of the molecule is Cc1ccc(N2CC(=O)Nc3cc(Cl)ccc32)cc1. The van der Waals surface area contributed by atoms with Crippen molar-refractivity contribution in [2.75, 3.05) is 16.8 Å². The summed E-state index contributed by atoms with van der Waals surface area (Å²) < 4.78 is 0. The highest BCUT2D eigenvalue weighted by atomic mass is 35.5. The molecule has 3 rings (SSSR count). The first-order valence-electron chi connectivity index (χ1n) is 6.07. The molecule has 0 bridgehead atoms. The van der Waals surface area contributed by atoms with E-state index in [4.69, 9.17) is 11.6 Å². The van der Waals surface area contributed by atoms with E-state index in [-0.39, 0.29) is 5.91 Å². The molecule has 0 fully saturated rings. The molecule has 4 heteroatoms. The van der Waals surface area contributed by atoms with E-state index in [1.54, 1.807) is 6.07 Å². The van der Waals surface area contributed by atoms with Gasteiger partial charge in [0.25, 0.3) is 0 Å². The van der Waals surface area contributed by atoms with Gasteiger partial charge in [-0.2, -0.15) is 0 Å². The maximum absolute atomic E-state index is 11.8. The molecule has 0 saturated heterocycles. The predicted molar refractivity (Wildman–Crippen MR) is 78.3 cm³/mol. The van der Waals surface area contributed by atoms with Gasteiger partial charge < -0.3 is 10.2 Å². The molecule has 1 heterocycles. The summed E-state index contributed by atoms with van der Waals surface area (Å²) in [4.78, 5) is 13.8. The second-order valence-electron chi connectivity index (χ2n) is 4.63. The van der Waals surface area contributed by atoms with E-state index >= 15 is 0 Å². The standard InChI is InChI=1S/C15H13ClN2O/c1-10-2-5-12(6-3-10)18-9-15(19)17-13-8-11(16)4-7-14(13)18/h2-8H,9H2,1H3,(H,17,19). The van der Waals surface area contributed by atoms with E-state index < -0.39 is 0 Å². The van der Waals surface area contributed by atoms with Gasteiger partial charge >= 0.3 is 0 Å². The zero-order chi connectivity index (χ0) is 13.4. The lowest BCUT2D eigenvalue weighted by Crippen LogP contribution is -2.34. The predicted octanol–water partition coefficient (Wildman–Crippen LogP) is 3.74. The van der Waals surface area contributed by atoms with Gasteiger partial charge in [0.15, 0.2) is 0 Å². The molecule has 0 atom stereocenters. The Balaban J connectivity index is 2.08. The van der Waals surface area contributed by atoms with E-state index in [9.17, 15) is 4.79 Å². The smallest absolute Gasteiger partial charge is 0.244 e. The largest absolute Gasteiger partial charge is 0.330 e. The number of fused-ring (bicyclic) bond motifs is 1. The summed E-state index contributed by atoms with van der Waals surface area (Å²) in [5, 5.41) is 3.46. The Hall–Kier alpha value is -2.00. The van der Waals surface area contributed by atoms with E-state index in [1.165, 1.54) is 5.56 Å².